The first-order valence-electron chi connectivity index (χ1n) is 7.36. The van der Waals surface area contributed by atoms with Gasteiger partial charge in [-0.1, -0.05) is 18.1 Å². The minimum absolute atomic E-state index is 0.151. The predicted octanol–water partition coefficient (Wildman–Crippen LogP) is 2.54. The fraction of sp³-hybridized carbons (Fsp3) is 0.800. The summed E-state index contributed by atoms with van der Waals surface area (Å²) in [5, 5.41) is 12.6. The van der Waals surface area contributed by atoms with Gasteiger partial charge in [-0.25, -0.2) is 0 Å². The Labute approximate surface area is 110 Å². The van der Waals surface area contributed by atoms with Crippen molar-refractivity contribution in [2.24, 2.45) is 5.92 Å². The molecule has 102 valence electrons. The van der Waals surface area contributed by atoms with Gasteiger partial charge in [0.15, 0.2) is 0 Å². The summed E-state index contributed by atoms with van der Waals surface area (Å²) in [5.41, 5.74) is 1.31. The van der Waals surface area contributed by atoms with E-state index >= 15 is 0 Å². The third kappa shape index (κ3) is 4.45. The molecule has 2 aliphatic rings. The van der Waals surface area contributed by atoms with Crippen molar-refractivity contribution in [3.8, 4) is 0 Å². The highest BCUT2D eigenvalue weighted by Gasteiger charge is 2.20. The van der Waals surface area contributed by atoms with E-state index in [0.29, 0.717) is 12.3 Å². The maximum Gasteiger partial charge on any atom is 0.224 e. The Morgan fingerprint density at radius 2 is 2.22 bits per heavy atom. The van der Waals surface area contributed by atoms with E-state index in [1.54, 1.807) is 0 Å². The zero-order chi connectivity index (χ0) is 12.8. The molecule has 1 saturated carbocycles. The maximum atomic E-state index is 11.8. The van der Waals surface area contributed by atoms with Crippen LogP contribution in [-0.4, -0.2) is 23.7 Å². The Balaban J connectivity index is 1.66. The van der Waals surface area contributed by atoms with E-state index in [4.69, 9.17) is 0 Å². The second-order valence-corrected chi connectivity index (χ2v) is 5.78. The number of amides is 1. The Hall–Kier alpha value is -0.830. The lowest BCUT2D eigenvalue weighted by Gasteiger charge is -2.26. The molecule has 3 heteroatoms. The summed E-state index contributed by atoms with van der Waals surface area (Å²) in [7, 11) is 0. The largest absolute Gasteiger partial charge is 0.393 e. The van der Waals surface area contributed by atoms with Crippen LogP contribution < -0.4 is 5.32 Å². The summed E-state index contributed by atoms with van der Waals surface area (Å²) in [6, 6.07) is 0. The van der Waals surface area contributed by atoms with Crippen LogP contribution in [0.3, 0.4) is 0 Å². The zero-order valence-electron chi connectivity index (χ0n) is 11.2. The van der Waals surface area contributed by atoms with Crippen molar-refractivity contribution >= 4 is 5.91 Å². The quantitative estimate of drug-likeness (QED) is 0.754. The summed E-state index contributed by atoms with van der Waals surface area (Å²) in [4.78, 5) is 11.8. The molecule has 0 spiro atoms. The molecular formula is C15H25NO2. The van der Waals surface area contributed by atoms with E-state index < -0.39 is 0 Å². The first-order valence-corrected chi connectivity index (χ1v) is 7.36. The van der Waals surface area contributed by atoms with Crippen LogP contribution >= 0.6 is 0 Å². The van der Waals surface area contributed by atoms with Crippen LogP contribution in [0.5, 0.6) is 0 Å². The normalized spacial score (nSPS) is 28.6. The van der Waals surface area contributed by atoms with E-state index in [2.05, 4.69) is 11.4 Å². The van der Waals surface area contributed by atoms with Gasteiger partial charge < -0.3 is 10.4 Å². The lowest BCUT2D eigenvalue weighted by atomic mass is 9.87. The Morgan fingerprint density at radius 3 is 2.94 bits per heavy atom. The Kier molecular flexibility index (Phi) is 5.24. The molecule has 0 aliphatic heterocycles. The highest BCUT2D eigenvalue weighted by atomic mass is 16.3. The smallest absolute Gasteiger partial charge is 0.224 e. The minimum atomic E-state index is -0.151. The SMILES string of the molecule is O=C(CC1=CCCCC1)NC[C@H]1CCC[C@H](O)C1. The first kappa shape index (κ1) is 13.6. The van der Waals surface area contributed by atoms with Gasteiger partial charge in [0.05, 0.1) is 6.10 Å². The van der Waals surface area contributed by atoms with Crippen molar-refractivity contribution in [2.45, 2.75) is 63.9 Å². The molecule has 3 nitrogen and oxygen atoms in total. The molecule has 0 bridgehead atoms. The van der Waals surface area contributed by atoms with E-state index in [0.717, 1.165) is 45.1 Å². The predicted molar refractivity (Wildman–Crippen MR) is 72.1 cm³/mol. The number of carbonyl (C=O) groups is 1. The van der Waals surface area contributed by atoms with Crippen LogP contribution in [0.15, 0.2) is 11.6 Å². The van der Waals surface area contributed by atoms with Gasteiger partial charge in [0.25, 0.3) is 0 Å². The fourth-order valence-electron chi connectivity index (χ4n) is 3.04. The third-order valence-electron chi connectivity index (χ3n) is 4.12. The molecular weight excluding hydrogens is 226 g/mol. The fourth-order valence-corrected chi connectivity index (χ4v) is 3.04. The molecule has 0 aromatic carbocycles. The molecule has 0 heterocycles. The molecule has 0 radical (unpaired) electrons. The molecule has 2 N–H and O–H groups in total. The van der Waals surface area contributed by atoms with Crippen molar-refractivity contribution in [3.05, 3.63) is 11.6 Å². The van der Waals surface area contributed by atoms with Crippen molar-refractivity contribution in [1.82, 2.24) is 5.32 Å². The molecule has 2 rings (SSSR count). The van der Waals surface area contributed by atoms with E-state index in [1.165, 1.54) is 18.4 Å². The lowest BCUT2D eigenvalue weighted by molar-refractivity contribution is -0.120. The number of hydrogen-bond donors (Lipinski definition) is 2. The van der Waals surface area contributed by atoms with E-state index in [-0.39, 0.29) is 12.0 Å². The van der Waals surface area contributed by atoms with Gasteiger partial charge in [0.1, 0.15) is 0 Å². The van der Waals surface area contributed by atoms with Crippen molar-refractivity contribution < 1.29 is 9.90 Å². The van der Waals surface area contributed by atoms with Gasteiger partial charge in [-0.15, -0.1) is 0 Å². The minimum Gasteiger partial charge on any atom is -0.393 e. The average molecular weight is 251 g/mol. The van der Waals surface area contributed by atoms with Crippen LogP contribution in [-0.2, 0) is 4.79 Å². The number of carbonyl (C=O) groups excluding carboxylic acids is 1. The van der Waals surface area contributed by atoms with Crippen molar-refractivity contribution in [3.63, 3.8) is 0 Å². The van der Waals surface area contributed by atoms with E-state index in [1.807, 2.05) is 0 Å². The average Bonchev–Trinajstić information content (AvgIpc) is 2.38. The van der Waals surface area contributed by atoms with Crippen LogP contribution in [0.25, 0.3) is 0 Å². The number of aliphatic hydroxyl groups excluding tert-OH is 1. The molecule has 0 unspecified atom stereocenters. The highest BCUT2D eigenvalue weighted by Crippen LogP contribution is 2.24. The van der Waals surface area contributed by atoms with Gasteiger partial charge in [-0.3, -0.25) is 4.79 Å². The standard InChI is InChI=1S/C15H25NO2/c17-14-8-4-7-13(9-14)11-16-15(18)10-12-5-2-1-3-6-12/h5,13-14,17H,1-4,6-11H2,(H,16,18)/t13-,14-/m0/s1. The molecule has 0 aromatic rings. The topological polar surface area (TPSA) is 49.3 Å². The molecule has 2 atom stereocenters. The molecule has 0 aromatic heterocycles. The number of aliphatic hydroxyl groups is 1. The number of rotatable bonds is 4. The molecule has 1 amide bonds. The van der Waals surface area contributed by atoms with E-state index in [9.17, 15) is 9.90 Å². The molecule has 2 aliphatic carbocycles. The first-order chi connectivity index (χ1) is 8.74. The maximum absolute atomic E-state index is 11.8. The summed E-state index contributed by atoms with van der Waals surface area (Å²) in [5.74, 6) is 0.626. The van der Waals surface area contributed by atoms with Gasteiger partial charge in [0, 0.05) is 13.0 Å². The molecule has 1 fully saturated rings. The van der Waals surface area contributed by atoms with Gasteiger partial charge >= 0.3 is 0 Å². The van der Waals surface area contributed by atoms with Crippen LogP contribution in [0.4, 0.5) is 0 Å². The second kappa shape index (κ2) is 6.93. The molecule has 18 heavy (non-hydrogen) atoms. The summed E-state index contributed by atoms with van der Waals surface area (Å²) in [6.45, 7) is 0.739. The Bertz CT molecular complexity index is 312. The highest BCUT2D eigenvalue weighted by molar-refractivity contribution is 5.78. The van der Waals surface area contributed by atoms with Crippen molar-refractivity contribution in [1.29, 1.82) is 0 Å². The summed E-state index contributed by atoms with van der Waals surface area (Å²) in [6.07, 6.45) is 11.4. The Morgan fingerprint density at radius 1 is 1.33 bits per heavy atom. The van der Waals surface area contributed by atoms with Crippen LogP contribution in [0, 0.1) is 5.92 Å². The van der Waals surface area contributed by atoms with Gasteiger partial charge in [0.2, 0.25) is 5.91 Å². The number of allylic oxidation sites excluding steroid dienone is 1. The number of nitrogens with one attached hydrogen (secondary N) is 1. The monoisotopic (exact) mass is 251 g/mol. The molecule has 0 saturated heterocycles. The van der Waals surface area contributed by atoms with Crippen LogP contribution in [0.1, 0.15) is 57.8 Å². The van der Waals surface area contributed by atoms with Gasteiger partial charge in [-0.2, -0.15) is 0 Å². The van der Waals surface area contributed by atoms with Gasteiger partial charge in [-0.05, 0) is 50.9 Å². The van der Waals surface area contributed by atoms with Crippen LogP contribution in [0.2, 0.25) is 0 Å². The summed E-state index contributed by atoms with van der Waals surface area (Å²) >= 11 is 0. The number of hydrogen-bond acceptors (Lipinski definition) is 2. The van der Waals surface area contributed by atoms with Crippen molar-refractivity contribution in [2.75, 3.05) is 6.54 Å². The zero-order valence-corrected chi connectivity index (χ0v) is 11.2. The third-order valence-corrected chi connectivity index (χ3v) is 4.12. The summed E-state index contributed by atoms with van der Waals surface area (Å²) < 4.78 is 0. The lowest BCUT2D eigenvalue weighted by Crippen LogP contribution is -2.33. The second-order valence-electron chi connectivity index (χ2n) is 5.78.